The van der Waals surface area contributed by atoms with E-state index >= 15 is 0 Å². The molecular weight excluding hydrogens is 488 g/mol. The Morgan fingerprint density at radius 2 is 1.97 bits per heavy atom. The van der Waals surface area contributed by atoms with E-state index in [1.807, 2.05) is 4.90 Å². The first-order valence-corrected chi connectivity index (χ1v) is 11.6. The van der Waals surface area contributed by atoms with Crippen LogP contribution in [0.25, 0.3) is 16.2 Å². The van der Waals surface area contributed by atoms with E-state index in [4.69, 9.17) is 4.74 Å². The van der Waals surface area contributed by atoms with Gasteiger partial charge >= 0.3 is 5.97 Å². The molecule has 0 aromatic carbocycles. The van der Waals surface area contributed by atoms with E-state index in [2.05, 4.69) is 29.6 Å². The van der Waals surface area contributed by atoms with Crippen LogP contribution in [0.3, 0.4) is 0 Å². The molecule has 1 fully saturated rings. The Bertz CT molecular complexity index is 1560. The Balaban J connectivity index is 1.43. The Morgan fingerprint density at radius 3 is 2.64 bits per heavy atom. The molecule has 0 atom stereocenters. The number of methoxy groups -OCH3 is 1. The molecule has 14 heteroatoms. The van der Waals surface area contributed by atoms with Gasteiger partial charge in [-0.25, -0.2) is 19.7 Å². The van der Waals surface area contributed by atoms with Crippen molar-refractivity contribution in [2.45, 2.75) is 13.8 Å². The number of ether oxygens (including phenoxy) is 1. The first-order chi connectivity index (χ1) is 17.2. The van der Waals surface area contributed by atoms with E-state index in [9.17, 15) is 19.5 Å². The highest BCUT2D eigenvalue weighted by Crippen LogP contribution is 2.28. The summed E-state index contributed by atoms with van der Waals surface area (Å²) < 4.78 is 10.6. The Hall–Kier alpha value is -4.46. The number of aryl methyl sites for hydroxylation is 2. The smallest absolute Gasteiger partial charge is 0.341 e. The van der Waals surface area contributed by atoms with Crippen LogP contribution in [0, 0.1) is 19.8 Å². The largest absolute Gasteiger partial charge is 0.481 e. The maximum atomic E-state index is 12.9. The van der Waals surface area contributed by atoms with Gasteiger partial charge in [0.05, 0.1) is 18.4 Å². The summed E-state index contributed by atoms with van der Waals surface area (Å²) >= 11 is 1.05. The molecule has 0 spiro atoms. The number of carbonyl (C=O) groups excluding carboxylic acids is 1. The van der Waals surface area contributed by atoms with Gasteiger partial charge in [-0.05, 0) is 25.5 Å². The molecule has 0 bridgehead atoms. The highest BCUT2D eigenvalue weighted by Gasteiger charge is 2.34. The number of carboxylic acid groups (broad SMARTS) is 1. The summed E-state index contributed by atoms with van der Waals surface area (Å²) in [5, 5.41) is 12.8. The maximum Gasteiger partial charge on any atom is 0.341 e. The van der Waals surface area contributed by atoms with E-state index in [0.29, 0.717) is 41.2 Å². The third-order valence-corrected chi connectivity index (χ3v) is 6.44. The minimum atomic E-state index is -1.34. The van der Waals surface area contributed by atoms with Crippen LogP contribution in [0.4, 0.5) is 11.8 Å². The molecule has 4 aromatic rings. The molecule has 1 aliphatic heterocycles. The summed E-state index contributed by atoms with van der Waals surface area (Å²) in [5.74, 6) is -0.804. The molecule has 1 amide bonds. The fourth-order valence-electron chi connectivity index (χ4n) is 3.95. The highest BCUT2D eigenvalue weighted by molar-refractivity contribution is 7.08. The number of carbonyl (C=O) groups is 2. The number of hydrogen-bond donors (Lipinski definition) is 2. The number of fused-ring (bicyclic) bond motifs is 1. The zero-order chi connectivity index (χ0) is 25.6. The Labute approximate surface area is 207 Å². The lowest BCUT2D eigenvalue weighted by Crippen LogP contribution is -2.52. The van der Waals surface area contributed by atoms with Gasteiger partial charge in [0.2, 0.25) is 28.3 Å². The van der Waals surface area contributed by atoms with Gasteiger partial charge < -0.3 is 14.7 Å². The van der Waals surface area contributed by atoms with E-state index in [-0.39, 0.29) is 34.4 Å². The van der Waals surface area contributed by atoms with Crippen molar-refractivity contribution >= 4 is 46.2 Å². The fourth-order valence-corrected chi connectivity index (χ4v) is 4.46. The zero-order valence-corrected chi connectivity index (χ0v) is 20.2. The monoisotopic (exact) mass is 508 g/mol. The second kappa shape index (κ2) is 8.96. The Morgan fingerprint density at radius 1 is 1.19 bits per heavy atom. The average molecular weight is 509 g/mol. The molecule has 0 unspecified atom stereocenters. The second-order valence-corrected chi connectivity index (χ2v) is 8.99. The molecule has 5 rings (SSSR count). The van der Waals surface area contributed by atoms with Gasteiger partial charge in [-0.1, -0.05) is 0 Å². The number of anilines is 2. The van der Waals surface area contributed by atoms with E-state index in [1.54, 1.807) is 26.0 Å². The number of rotatable bonds is 6. The number of aromatic nitrogens is 6. The van der Waals surface area contributed by atoms with E-state index in [1.165, 1.54) is 24.2 Å². The molecular formula is C22H20N8O5S. The van der Waals surface area contributed by atoms with Crippen molar-refractivity contribution in [1.29, 1.82) is 0 Å². The molecule has 4 aromatic heterocycles. The molecule has 13 nitrogen and oxygen atoms in total. The lowest BCUT2D eigenvalue weighted by Gasteiger charge is -2.39. The molecule has 2 N–H and O–H groups in total. The van der Waals surface area contributed by atoms with Gasteiger partial charge in [0, 0.05) is 42.6 Å². The summed E-state index contributed by atoms with van der Waals surface area (Å²) in [6, 6.07) is 3.37. The SMILES string of the molecule is COc1cc(C)nc(NC(=O)C2CN(c3cc(C)c4c(=O)c(C(=O)O)cn(-c5ncns5)c4n3)C2)n1. The van der Waals surface area contributed by atoms with Gasteiger partial charge in [0.1, 0.15) is 17.7 Å². The number of carboxylic acids is 1. The average Bonchev–Trinajstić information content (AvgIpc) is 3.32. The predicted octanol–water partition coefficient (Wildman–Crippen LogP) is 1.43. The minimum absolute atomic E-state index is 0.172. The third-order valence-electron chi connectivity index (χ3n) is 5.78. The quantitative estimate of drug-likeness (QED) is 0.387. The van der Waals surface area contributed by atoms with Gasteiger partial charge in [0.15, 0.2) is 5.65 Å². The number of nitrogens with one attached hydrogen (secondary N) is 1. The second-order valence-electron chi connectivity index (χ2n) is 8.23. The third kappa shape index (κ3) is 4.11. The lowest BCUT2D eigenvalue weighted by molar-refractivity contribution is -0.120. The highest BCUT2D eigenvalue weighted by atomic mass is 32.1. The molecule has 1 saturated heterocycles. The molecule has 5 heterocycles. The first-order valence-electron chi connectivity index (χ1n) is 10.8. The first kappa shape index (κ1) is 23.3. The summed E-state index contributed by atoms with van der Waals surface area (Å²) in [7, 11) is 1.49. The number of pyridine rings is 2. The van der Waals surface area contributed by atoms with Crippen molar-refractivity contribution in [3.63, 3.8) is 0 Å². The van der Waals surface area contributed by atoms with Crippen molar-refractivity contribution in [2.75, 3.05) is 30.4 Å². The molecule has 0 radical (unpaired) electrons. The van der Waals surface area contributed by atoms with Crippen LogP contribution in [0.15, 0.2) is 29.5 Å². The van der Waals surface area contributed by atoms with Gasteiger partial charge in [0.25, 0.3) is 0 Å². The predicted molar refractivity (Wildman–Crippen MR) is 130 cm³/mol. The maximum absolute atomic E-state index is 12.9. The van der Waals surface area contributed by atoms with Crippen LogP contribution in [0.2, 0.25) is 0 Å². The van der Waals surface area contributed by atoms with Crippen molar-refractivity contribution < 1.29 is 19.4 Å². The summed E-state index contributed by atoms with van der Waals surface area (Å²) in [6.07, 6.45) is 2.56. The van der Waals surface area contributed by atoms with Crippen LogP contribution < -0.4 is 20.4 Å². The number of aromatic carboxylic acids is 1. The van der Waals surface area contributed by atoms with Crippen LogP contribution in [-0.4, -0.2) is 66.1 Å². The standard InChI is InChI=1S/C22H20N8O5S/c1-10-4-14(29-6-12(7-29)19(32)28-21-25-11(2)5-15(27-21)35-3)26-18-16(10)17(31)13(20(33)34)8-30(18)22-23-9-24-36-22/h4-5,8-9,12H,6-7H2,1-3H3,(H,33,34)(H,25,27,28,32). The van der Waals surface area contributed by atoms with Gasteiger partial charge in [-0.15, -0.1) is 0 Å². The van der Waals surface area contributed by atoms with Crippen molar-refractivity contribution in [2.24, 2.45) is 5.92 Å². The van der Waals surface area contributed by atoms with Crippen molar-refractivity contribution in [1.82, 2.24) is 28.9 Å². The summed E-state index contributed by atoms with van der Waals surface area (Å²) in [5.41, 5.74) is 0.491. The molecule has 0 aliphatic carbocycles. The van der Waals surface area contributed by atoms with Crippen molar-refractivity contribution in [3.8, 4) is 11.0 Å². The topological polar surface area (TPSA) is 165 Å². The Kier molecular flexibility index (Phi) is 5.80. The van der Waals surface area contributed by atoms with Crippen LogP contribution in [0.1, 0.15) is 21.6 Å². The zero-order valence-electron chi connectivity index (χ0n) is 19.4. The number of amides is 1. The van der Waals surface area contributed by atoms with Gasteiger partial charge in [-0.2, -0.15) is 9.36 Å². The van der Waals surface area contributed by atoms with Crippen LogP contribution >= 0.6 is 11.5 Å². The molecule has 184 valence electrons. The normalized spacial score (nSPS) is 13.5. The van der Waals surface area contributed by atoms with Crippen LogP contribution in [0.5, 0.6) is 5.88 Å². The van der Waals surface area contributed by atoms with Crippen LogP contribution in [-0.2, 0) is 4.79 Å². The summed E-state index contributed by atoms with van der Waals surface area (Å²) in [6.45, 7) is 4.28. The molecule has 1 aliphatic rings. The number of nitrogens with zero attached hydrogens (tertiary/aromatic N) is 7. The lowest BCUT2D eigenvalue weighted by atomic mass is 9.98. The van der Waals surface area contributed by atoms with Gasteiger partial charge in [-0.3, -0.25) is 19.5 Å². The molecule has 36 heavy (non-hydrogen) atoms. The minimum Gasteiger partial charge on any atom is -0.481 e. The summed E-state index contributed by atoms with van der Waals surface area (Å²) in [4.78, 5) is 56.4. The van der Waals surface area contributed by atoms with E-state index < -0.39 is 11.4 Å². The van der Waals surface area contributed by atoms with Crippen molar-refractivity contribution in [3.05, 3.63) is 51.7 Å². The number of hydrogen-bond acceptors (Lipinski definition) is 11. The molecule has 0 saturated carbocycles. The fraction of sp³-hybridized carbons (Fsp3) is 0.273. The van der Waals surface area contributed by atoms with E-state index in [0.717, 1.165) is 11.5 Å².